The highest BCUT2D eigenvalue weighted by Gasteiger charge is 2.14. The lowest BCUT2D eigenvalue weighted by molar-refractivity contribution is -0.385. The lowest BCUT2D eigenvalue weighted by Gasteiger charge is -2.02. The Kier molecular flexibility index (Phi) is 4.55. The Morgan fingerprint density at radius 2 is 2.12 bits per heavy atom. The summed E-state index contributed by atoms with van der Waals surface area (Å²) in [5, 5.41) is 20.9. The van der Waals surface area contributed by atoms with Gasteiger partial charge in [0, 0.05) is 18.2 Å². The SMILES string of the molecule is Cc1ccc(-c2cc(C(=O)NCCn3cc([N+](=O)[O-])cn3)no2)cc1. The second-order valence-electron chi connectivity index (χ2n) is 5.42. The standard InChI is InChI=1S/C16H15N5O4/c1-11-2-4-12(5-3-11)15-8-14(19-25-15)16(22)17-6-7-20-10-13(9-18-20)21(23)24/h2-5,8-10H,6-7H2,1H3,(H,17,22). The zero-order valence-corrected chi connectivity index (χ0v) is 13.4. The van der Waals surface area contributed by atoms with Crippen molar-refractivity contribution in [3.05, 3.63) is 64.1 Å². The van der Waals surface area contributed by atoms with Crippen molar-refractivity contribution in [1.29, 1.82) is 0 Å². The fourth-order valence-electron chi connectivity index (χ4n) is 2.18. The van der Waals surface area contributed by atoms with E-state index in [0.29, 0.717) is 12.3 Å². The number of aromatic nitrogens is 3. The molecule has 2 aromatic heterocycles. The van der Waals surface area contributed by atoms with Gasteiger partial charge in [-0.3, -0.25) is 19.6 Å². The molecule has 25 heavy (non-hydrogen) atoms. The van der Waals surface area contributed by atoms with Gasteiger partial charge in [0.2, 0.25) is 0 Å². The Balaban J connectivity index is 1.56. The van der Waals surface area contributed by atoms with Crippen LogP contribution in [0, 0.1) is 17.0 Å². The molecule has 128 valence electrons. The van der Waals surface area contributed by atoms with Gasteiger partial charge in [0.05, 0.1) is 11.5 Å². The number of benzene rings is 1. The Labute approximate surface area is 142 Å². The third-order valence-corrected chi connectivity index (χ3v) is 3.54. The third-order valence-electron chi connectivity index (χ3n) is 3.54. The first-order chi connectivity index (χ1) is 12.0. The fraction of sp³-hybridized carbons (Fsp3) is 0.188. The van der Waals surface area contributed by atoms with Crippen LogP contribution in [0.1, 0.15) is 16.1 Å². The molecule has 1 N–H and O–H groups in total. The lowest BCUT2D eigenvalue weighted by Crippen LogP contribution is -2.27. The van der Waals surface area contributed by atoms with Crippen LogP contribution in [0.3, 0.4) is 0 Å². The predicted molar refractivity (Wildman–Crippen MR) is 87.9 cm³/mol. The molecule has 3 rings (SSSR count). The smallest absolute Gasteiger partial charge is 0.306 e. The first-order valence-corrected chi connectivity index (χ1v) is 7.52. The van der Waals surface area contributed by atoms with Crippen LogP contribution in [0.5, 0.6) is 0 Å². The molecule has 0 unspecified atom stereocenters. The minimum atomic E-state index is -0.524. The molecule has 3 aromatic rings. The Morgan fingerprint density at radius 3 is 2.80 bits per heavy atom. The number of nitrogens with one attached hydrogen (secondary N) is 1. The Hall–Kier alpha value is -3.49. The fourth-order valence-corrected chi connectivity index (χ4v) is 2.18. The Bertz CT molecular complexity index is 897. The van der Waals surface area contributed by atoms with Crippen molar-refractivity contribution in [2.75, 3.05) is 6.54 Å². The highest BCUT2D eigenvalue weighted by atomic mass is 16.6. The van der Waals surface area contributed by atoms with Gasteiger partial charge < -0.3 is 9.84 Å². The monoisotopic (exact) mass is 341 g/mol. The molecule has 0 bridgehead atoms. The molecule has 9 heteroatoms. The van der Waals surface area contributed by atoms with E-state index in [1.807, 2.05) is 31.2 Å². The summed E-state index contributed by atoms with van der Waals surface area (Å²) in [6.07, 6.45) is 2.46. The van der Waals surface area contributed by atoms with Crippen molar-refractivity contribution in [2.45, 2.75) is 13.5 Å². The molecule has 0 aliphatic carbocycles. The molecule has 0 spiro atoms. The van der Waals surface area contributed by atoms with Gasteiger partial charge in [-0.2, -0.15) is 5.10 Å². The zero-order valence-electron chi connectivity index (χ0n) is 13.4. The molecule has 0 saturated heterocycles. The number of nitrogens with zero attached hydrogens (tertiary/aromatic N) is 4. The molecule has 1 aromatic carbocycles. The molecular formula is C16H15N5O4. The van der Waals surface area contributed by atoms with Crippen LogP contribution in [0.2, 0.25) is 0 Å². The van der Waals surface area contributed by atoms with Crippen molar-refractivity contribution >= 4 is 11.6 Å². The van der Waals surface area contributed by atoms with E-state index in [2.05, 4.69) is 15.6 Å². The maximum atomic E-state index is 12.1. The van der Waals surface area contributed by atoms with Gasteiger partial charge in [-0.1, -0.05) is 35.0 Å². The van der Waals surface area contributed by atoms with Gasteiger partial charge in [0.15, 0.2) is 11.5 Å². The Morgan fingerprint density at radius 1 is 1.36 bits per heavy atom. The van der Waals surface area contributed by atoms with E-state index in [-0.39, 0.29) is 23.8 Å². The lowest BCUT2D eigenvalue weighted by atomic mass is 10.1. The van der Waals surface area contributed by atoms with E-state index in [1.54, 1.807) is 6.07 Å². The minimum absolute atomic E-state index is 0.0921. The highest BCUT2D eigenvalue weighted by Crippen LogP contribution is 2.20. The van der Waals surface area contributed by atoms with E-state index in [0.717, 1.165) is 17.3 Å². The number of aryl methyl sites for hydroxylation is 1. The second-order valence-corrected chi connectivity index (χ2v) is 5.42. The van der Waals surface area contributed by atoms with Gasteiger partial charge in [0.1, 0.15) is 12.4 Å². The van der Waals surface area contributed by atoms with Crippen molar-refractivity contribution in [1.82, 2.24) is 20.3 Å². The molecule has 9 nitrogen and oxygen atoms in total. The van der Waals surface area contributed by atoms with Crippen molar-refractivity contribution in [3.8, 4) is 11.3 Å². The topological polar surface area (TPSA) is 116 Å². The minimum Gasteiger partial charge on any atom is -0.355 e. The van der Waals surface area contributed by atoms with E-state index in [9.17, 15) is 14.9 Å². The van der Waals surface area contributed by atoms with E-state index in [1.165, 1.54) is 10.9 Å². The normalized spacial score (nSPS) is 10.6. The van der Waals surface area contributed by atoms with Gasteiger partial charge in [0.25, 0.3) is 5.91 Å². The summed E-state index contributed by atoms with van der Waals surface area (Å²) >= 11 is 0. The van der Waals surface area contributed by atoms with Gasteiger partial charge in [-0.05, 0) is 6.92 Å². The summed E-state index contributed by atoms with van der Waals surface area (Å²) in [4.78, 5) is 22.1. The summed E-state index contributed by atoms with van der Waals surface area (Å²) in [5.74, 6) is 0.122. The number of rotatable bonds is 6. The van der Waals surface area contributed by atoms with Crippen LogP contribution >= 0.6 is 0 Å². The molecule has 0 saturated carbocycles. The number of amides is 1. The van der Waals surface area contributed by atoms with Crippen LogP contribution in [-0.2, 0) is 6.54 Å². The average molecular weight is 341 g/mol. The van der Waals surface area contributed by atoms with Crippen LogP contribution in [0.4, 0.5) is 5.69 Å². The maximum absolute atomic E-state index is 12.1. The summed E-state index contributed by atoms with van der Waals surface area (Å²) in [5.41, 5.74) is 2.04. The number of carbonyl (C=O) groups is 1. The number of carbonyl (C=O) groups excluding carboxylic acids is 1. The van der Waals surface area contributed by atoms with Crippen molar-refractivity contribution in [2.24, 2.45) is 0 Å². The van der Waals surface area contributed by atoms with E-state index >= 15 is 0 Å². The van der Waals surface area contributed by atoms with Gasteiger partial charge in [-0.25, -0.2) is 0 Å². The molecule has 0 aliphatic rings. The van der Waals surface area contributed by atoms with Crippen LogP contribution in [-0.4, -0.2) is 32.3 Å². The molecule has 0 radical (unpaired) electrons. The summed E-state index contributed by atoms with van der Waals surface area (Å²) < 4.78 is 6.59. The molecule has 0 aliphatic heterocycles. The second kappa shape index (κ2) is 6.95. The van der Waals surface area contributed by atoms with Gasteiger partial charge in [-0.15, -0.1) is 0 Å². The summed E-state index contributed by atoms with van der Waals surface area (Å²) in [6, 6.07) is 9.24. The zero-order chi connectivity index (χ0) is 17.8. The molecule has 2 heterocycles. The molecule has 0 fully saturated rings. The largest absolute Gasteiger partial charge is 0.355 e. The average Bonchev–Trinajstić information content (AvgIpc) is 3.25. The van der Waals surface area contributed by atoms with Gasteiger partial charge >= 0.3 is 5.69 Å². The first kappa shape index (κ1) is 16.4. The third kappa shape index (κ3) is 3.89. The number of nitro groups is 1. The quantitative estimate of drug-likeness (QED) is 0.542. The molecule has 0 atom stereocenters. The van der Waals surface area contributed by atoms with E-state index in [4.69, 9.17) is 4.52 Å². The van der Waals surface area contributed by atoms with Crippen molar-refractivity contribution in [3.63, 3.8) is 0 Å². The van der Waals surface area contributed by atoms with Crippen molar-refractivity contribution < 1.29 is 14.2 Å². The predicted octanol–water partition coefficient (Wildman–Crippen LogP) is 2.18. The van der Waals surface area contributed by atoms with Crippen LogP contribution < -0.4 is 5.32 Å². The summed E-state index contributed by atoms with van der Waals surface area (Å²) in [7, 11) is 0. The van der Waals surface area contributed by atoms with Crippen LogP contribution in [0.15, 0.2) is 47.2 Å². The summed E-state index contributed by atoms with van der Waals surface area (Å²) in [6.45, 7) is 2.55. The van der Waals surface area contributed by atoms with E-state index < -0.39 is 4.92 Å². The number of hydrogen-bond donors (Lipinski definition) is 1. The maximum Gasteiger partial charge on any atom is 0.306 e. The highest BCUT2D eigenvalue weighted by molar-refractivity contribution is 5.93. The number of hydrogen-bond acceptors (Lipinski definition) is 6. The first-order valence-electron chi connectivity index (χ1n) is 7.52. The van der Waals surface area contributed by atoms with Crippen LogP contribution in [0.25, 0.3) is 11.3 Å². The molecule has 1 amide bonds. The molecular weight excluding hydrogens is 326 g/mol.